The van der Waals surface area contributed by atoms with Crippen molar-refractivity contribution in [2.75, 3.05) is 7.11 Å². The Morgan fingerprint density at radius 3 is 3.00 bits per heavy atom. The van der Waals surface area contributed by atoms with Gasteiger partial charge in [0.15, 0.2) is 18.4 Å². The van der Waals surface area contributed by atoms with Crippen LogP contribution in [-0.4, -0.2) is 18.4 Å². The number of oxazole rings is 1. The number of halogens is 1. The van der Waals surface area contributed by atoms with Gasteiger partial charge in [-0.05, 0) is 18.2 Å². The number of ether oxygens (including phenoxy) is 1. The van der Waals surface area contributed by atoms with Crippen LogP contribution in [0.3, 0.4) is 0 Å². The Morgan fingerprint density at radius 2 is 2.31 bits per heavy atom. The van der Waals surface area contributed by atoms with Crippen molar-refractivity contribution in [3.63, 3.8) is 0 Å². The normalized spacial score (nSPS) is 10.1. The van der Waals surface area contributed by atoms with E-state index in [4.69, 9.17) is 20.8 Å². The molecule has 0 aliphatic carbocycles. The van der Waals surface area contributed by atoms with Crippen LogP contribution in [0.25, 0.3) is 11.3 Å². The molecule has 2 aromatic rings. The van der Waals surface area contributed by atoms with E-state index < -0.39 is 0 Å². The summed E-state index contributed by atoms with van der Waals surface area (Å²) in [7, 11) is 1.54. The first kappa shape index (κ1) is 10.7. The number of benzene rings is 1. The van der Waals surface area contributed by atoms with Gasteiger partial charge < -0.3 is 9.15 Å². The molecule has 0 bridgehead atoms. The van der Waals surface area contributed by atoms with Crippen molar-refractivity contribution in [1.29, 1.82) is 0 Å². The Hall–Kier alpha value is -1.81. The molecule has 0 atom stereocenters. The fourth-order valence-electron chi connectivity index (χ4n) is 1.41. The molecular formula is C11H8ClNO3. The van der Waals surface area contributed by atoms with Crippen molar-refractivity contribution in [3.8, 4) is 17.0 Å². The zero-order chi connectivity index (χ0) is 11.5. The summed E-state index contributed by atoms with van der Waals surface area (Å²) in [5, 5.41) is 0.538. The SMILES string of the molecule is COc1ccc(Cl)cc1-c1ncoc1C=O. The molecule has 0 spiro atoms. The first-order chi connectivity index (χ1) is 7.76. The summed E-state index contributed by atoms with van der Waals surface area (Å²) in [6.45, 7) is 0. The number of aromatic nitrogens is 1. The third-order valence-corrected chi connectivity index (χ3v) is 2.35. The molecule has 0 N–H and O–H groups in total. The van der Waals surface area contributed by atoms with Crippen LogP contribution in [0.5, 0.6) is 5.75 Å². The molecule has 0 radical (unpaired) electrons. The molecule has 82 valence electrons. The lowest BCUT2D eigenvalue weighted by atomic mass is 10.1. The fraction of sp³-hybridized carbons (Fsp3) is 0.0909. The summed E-state index contributed by atoms with van der Waals surface area (Å²) in [6.07, 6.45) is 1.81. The molecule has 1 aromatic heterocycles. The lowest BCUT2D eigenvalue weighted by Crippen LogP contribution is -1.90. The van der Waals surface area contributed by atoms with Crippen LogP contribution in [0.15, 0.2) is 29.0 Å². The van der Waals surface area contributed by atoms with Crippen molar-refractivity contribution in [3.05, 3.63) is 35.4 Å². The lowest BCUT2D eigenvalue weighted by Gasteiger charge is -2.06. The highest BCUT2D eigenvalue weighted by Crippen LogP contribution is 2.32. The monoisotopic (exact) mass is 237 g/mol. The molecule has 0 saturated carbocycles. The smallest absolute Gasteiger partial charge is 0.194 e. The Kier molecular flexibility index (Phi) is 2.92. The third-order valence-electron chi connectivity index (χ3n) is 2.12. The summed E-state index contributed by atoms with van der Waals surface area (Å²) >= 11 is 5.88. The van der Waals surface area contributed by atoms with E-state index in [1.807, 2.05) is 0 Å². The quantitative estimate of drug-likeness (QED) is 0.771. The van der Waals surface area contributed by atoms with Crippen LogP contribution in [0.2, 0.25) is 5.02 Å². The van der Waals surface area contributed by atoms with E-state index in [0.717, 1.165) is 0 Å². The Labute approximate surface area is 96.8 Å². The minimum Gasteiger partial charge on any atom is -0.496 e. The van der Waals surface area contributed by atoms with E-state index in [2.05, 4.69) is 4.98 Å². The van der Waals surface area contributed by atoms with Crippen LogP contribution in [0, 0.1) is 0 Å². The number of carbonyl (C=O) groups excluding carboxylic acids is 1. The number of methoxy groups -OCH3 is 1. The summed E-state index contributed by atoms with van der Waals surface area (Å²) in [4.78, 5) is 14.7. The molecular weight excluding hydrogens is 230 g/mol. The van der Waals surface area contributed by atoms with E-state index in [-0.39, 0.29) is 5.76 Å². The average Bonchev–Trinajstić information content (AvgIpc) is 2.76. The van der Waals surface area contributed by atoms with Gasteiger partial charge in [-0.3, -0.25) is 4.79 Å². The van der Waals surface area contributed by atoms with Crippen molar-refractivity contribution in [1.82, 2.24) is 4.98 Å². The highest BCUT2D eigenvalue weighted by molar-refractivity contribution is 6.31. The van der Waals surface area contributed by atoms with Gasteiger partial charge in [0.05, 0.1) is 7.11 Å². The molecule has 0 aliphatic rings. The number of rotatable bonds is 3. The number of hydrogen-bond donors (Lipinski definition) is 0. The van der Waals surface area contributed by atoms with Gasteiger partial charge >= 0.3 is 0 Å². The highest BCUT2D eigenvalue weighted by Gasteiger charge is 2.14. The lowest BCUT2D eigenvalue weighted by molar-refractivity contribution is 0.110. The number of nitrogens with zero attached hydrogens (tertiary/aromatic N) is 1. The van der Waals surface area contributed by atoms with Crippen molar-refractivity contribution in [2.24, 2.45) is 0 Å². The molecule has 0 unspecified atom stereocenters. The van der Waals surface area contributed by atoms with Crippen LogP contribution < -0.4 is 4.74 Å². The minimum absolute atomic E-state index is 0.153. The van der Waals surface area contributed by atoms with Gasteiger partial charge in [0.1, 0.15) is 11.4 Å². The molecule has 1 heterocycles. The molecule has 0 saturated heterocycles. The molecule has 16 heavy (non-hydrogen) atoms. The van der Waals surface area contributed by atoms with Crippen molar-refractivity contribution < 1.29 is 13.9 Å². The Balaban J connectivity index is 2.62. The average molecular weight is 238 g/mol. The Morgan fingerprint density at radius 1 is 1.50 bits per heavy atom. The standard InChI is InChI=1S/C11H8ClNO3/c1-15-9-3-2-7(12)4-8(9)11-10(5-14)16-6-13-11/h2-6H,1H3. The van der Waals surface area contributed by atoms with Gasteiger partial charge in [0, 0.05) is 10.6 Å². The largest absolute Gasteiger partial charge is 0.496 e. The van der Waals surface area contributed by atoms with E-state index in [1.165, 1.54) is 13.5 Å². The molecule has 2 rings (SSSR count). The van der Waals surface area contributed by atoms with Crippen molar-refractivity contribution >= 4 is 17.9 Å². The molecule has 5 heteroatoms. The Bertz CT molecular complexity index is 522. The maximum absolute atomic E-state index is 10.7. The van der Waals surface area contributed by atoms with Crippen LogP contribution in [0.4, 0.5) is 0 Å². The second-order valence-electron chi connectivity index (χ2n) is 3.03. The predicted molar refractivity (Wildman–Crippen MR) is 58.9 cm³/mol. The van der Waals surface area contributed by atoms with E-state index in [0.29, 0.717) is 28.3 Å². The second-order valence-corrected chi connectivity index (χ2v) is 3.46. The molecule has 0 fully saturated rings. The fourth-order valence-corrected chi connectivity index (χ4v) is 1.58. The van der Waals surface area contributed by atoms with E-state index in [1.54, 1.807) is 18.2 Å². The van der Waals surface area contributed by atoms with Crippen LogP contribution in [-0.2, 0) is 0 Å². The van der Waals surface area contributed by atoms with Gasteiger partial charge in [0.2, 0.25) is 0 Å². The summed E-state index contributed by atoms with van der Waals surface area (Å²) in [6, 6.07) is 5.08. The second kappa shape index (κ2) is 4.37. The first-order valence-electron chi connectivity index (χ1n) is 4.49. The first-order valence-corrected chi connectivity index (χ1v) is 4.86. The number of aldehydes is 1. The maximum Gasteiger partial charge on any atom is 0.194 e. The topological polar surface area (TPSA) is 52.3 Å². The summed E-state index contributed by atoms with van der Waals surface area (Å²) in [5.74, 6) is 0.738. The summed E-state index contributed by atoms with van der Waals surface area (Å²) in [5.41, 5.74) is 1.06. The van der Waals surface area contributed by atoms with E-state index in [9.17, 15) is 4.79 Å². The van der Waals surface area contributed by atoms with Crippen molar-refractivity contribution in [2.45, 2.75) is 0 Å². The van der Waals surface area contributed by atoms with Gasteiger partial charge in [-0.1, -0.05) is 11.6 Å². The maximum atomic E-state index is 10.7. The third kappa shape index (κ3) is 1.79. The highest BCUT2D eigenvalue weighted by atomic mass is 35.5. The molecule has 1 aromatic carbocycles. The van der Waals surface area contributed by atoms with Gasteiger partial charge in [-0.25, -0.2) is 4.98 Å². The summed E-state index contributed by atoms with van der Waals surface area (Å²) < 4.78 is 10.1. The zero-order valence-electron chi connectivity index (χ0n) is 8.44. The minimum atomic E-state index is 0.153. The molecule has 4 nitrogen and oxygen atoms in total. The molecule has 0 aliphatic heterocycles. The van der Waals surface area contributed by atoms with Gasteiger partial charge in [-0.2, -0.15) is 0 Å². The number of hydrogen-bond acceptors (Lipinski definition) is 4. The van der Waals surface area contributed by atoms with Crippen LogP contribution >= 0.6 is 11.6 Å². The molecule has 0 amide bonds. The van der Waals surface area contributed by atoms with E-state index >= 15 is 0 Å². The zero-order valence-corrected chi connectivity index (χ0v) is 9.19. The number of carbonyl (C=O) groups is 1. The predicted octanol–water partition coefficient (Wildman–Crippen LogP) is 2.82. The van der Waals surface area contributed by atoms with Gasteiger partial charge in [0.25, 0.3) is 0 Å². The van der Waals surface area contributed by atoms with Crippen LogP contribution in [0.1, 0.15) is 10.6 Å². The van der Waals surface area contributed by atoms with Gasteiger partial charge in [-0.15, -0.1) is 0 Å².